The minimum absolute atomic E-state index is 0.122. The Morgan fingerprint density at radius 1 is 1.62 bits per heavy atom. The highest BCUT2D eigenvalue weighted by Gasteiger charge is 2.13. The second-order valence-corrected chi connectivity index (χ2v) is 3.47. The summed E-state index contributed by atoms with van der Waals surface area (Å²) in [6.07, 6.45) is 0. The van der Waals surface area contributed by atoms with Crippen molar-refractivity contribution < 1.29 is 13.9 Å². The van der Waals surface area contributed by atoms with Crippen LogP contribution in [0.1, 0.15) is 5.56 Å². The number of hydrogen-bond donors (Lipinski definition) is 2. The fourth-order valence-corrected chi connectivity index (χ4v) is 1.19. The summed E-state index contributed by atoms with van der Waals surface area (Å²) in [5, 5.41) is 2.72. The van der Waals surface area contributed by atoms with E-state index in [1.807, 2.05) is 0 Å². The van der Waals surface area contributed by atoms with Crippen LogP contribution in [0.25, 0.3) is 0 Å². The summed E-state index contributed by atoms with van der Waals surface area (Å²) in [4.78, 5) is 10.9. The first-order valence-corrected chi connectivity index (χ1v) is 4.90. The van der Waals surface area contributed by atoms with Gasteiger partial charge in [-0.15, -0.1) is 0 Å². The Bertz CT molecular complexity index is 382. The van der Waals surface area contributed by atoms with Crippen molar-refractivity contribution in [1.29, 1.82) is 0 Å². The first-order chi connectivity index (χ1) is 7.54. The molecule has 3 N–H and O–H groups in total. The van der Waals surface area contributed by atoms with Crippen LogP contribution in [0.5, 0.6) is 5.75 Å². The topological polar surface area (TPSA) is 64.3 Å². The van der Waals surface area contributed by atoms with Gasteiger partial charge in [0.2, 0.25) is 5.91 Å². The van der Waals surface area contributed by atoms with Crippen LogP contribution in [-0.4, -0.2) is 25.6 Å². The molecule has 0 radical (unpaired) electrons. The molecule has 1 rings (SSSR count). The average molecular weight is 226 g/mol. The molecule has 0 aliphatic carbocycles. The predicted octanol–water partition coefficient (Wildman–Crippen LogP) is 0.586. The Morgan fingerprint density at radius 2 is 2.31 bits per heavy atom. The lowest BCUT2D eigenvalue weighted by Gasteiger charge is -2.13. The molecule has 1 amide bonds. The molecular formula is C11H15FN2O2. The van der Waals surface area contributed by atoms with E-state index in [0.29, 0.717) is 11.3 Å². The first kappa shape index (κ1) is 12.4. The lowest BCUT2D eigenvalue weighted by atomic mass is 10.2. The molecule has 0 aliphatic rings. The van der Waals surface area contributed by atoms with Crippen molar-refractivity contribution in [3.63, 3.8) is 0 Å². The summed E-state index contributed by atoms with van der Waals surface area (Å²) < 4.78 is 18.3. The van der Waals surface area contributed by atoms with E-state index >= 15 is 0 Å². The highest BCUT2D eigenvalue weighted by molar-refractivity contribution is 5.79. The monoisotopic (exact) mass is 226 g/mol. The molecule has 0 spiro atoms. The molecule has 0 aliphatic heterocycles. The predicted molar refractivity (Wildman–Crippen MR) is 58.7 cm³/mol. The van der Waals surface area contributed by atoms with E-state index in [1.165, 1.54) is 12.1 Å². The molecule has 0 saturated heterocycles. The molecule has 88 valence electrons. The van der Waals surface area contributed by atoms with Crippen LogP contribution in [0.2, 0.25) is 0 Å². The molecule has 5 heteroatoms. The number of nitrogens with two attached hydrogens (primary N) is 1. The van der Waals surface area contributed by atoms with E-state index < -0.39 is 11.9 Å². The van der Waals surface area contributed by atoms with Gasteiger partial charge in [-0.25, -0.2) is 4.39 Å². The van der Waals surface area contributed by atoms with E-state index in [1.54, 1.807) is 20.0 Å². The number of primary amides is 1. The van der Waals surface area contributed by atoms with Gasteiger partial charge in [-0.1, -0.05) is 0 Å². The molecule has 0 fully saturated rings. The van der Waals surface area contributed by atoms with Crippen LogP contribution in [0.15, 0.2) is 18.2 Å². The zero-order valence-corrected chi connectivity index (χ0v) is 9.29. The summed E-state index contributed by atoms with van der Waals surface area (Å²) in [6.45, 7) is 1.77. The number of aryl methyl sites for hydroxylation is 1. The summed E-state index contributed by atoms with van der Waals surface area (Å²) in [5.41, 5.74) is 5.62. The molecule has 1 atom stereocenters. The molecule has 16 heavy (non-hydrogen) atoms. The van der Waals surface area contributed by atoms with Crippen molar-refractivity contribution in [2.45, 2.75) is 13.0 Å². The maximum atomic E-state index is 12.9. The summed E-state index contributed by atoms with van der Waals surface area (Å²) in [7, 11) is 1.62. The van der Waals surface area contributed by atoms with E-state index in [9.17, 15) is 9.18 Å². The molecule has 0 aromatic heterocycles. The number of hydrogen-bond acceptors (Lipinski definition) is 3. The lowest BCUT2D eigenvalue weighted by Crippen LogP contribution is -2.43. The molecule has 0 bridgehead atoms. The van der Waals surface area contributed by atoms with Gasteiger partial charge in [0, 0.05) is 0 Å². The fraction of sp³-hybridized carbons (Fsp3) is 0.364. The van der Waals surface area contributed by atoms with Gasteiger partial charge in [-0.3, -0.25) is 4.79 Å². The van der Waals surface area contributed by atoms with E-state index in [0.717, 1.165) is 0 Å². The second kappa shape index (κ2) is 5.46. The van der Waals surface area contributed by atoms with Crippen molar-refractivity contribution >= 4 is 5.91 Å². The maximum Gasteiger partial charge on any atom is 0.238 e. The number of rotatable bonds is 5. The molecule has 1 aromatic carbocycles. The third kappa shape index (κ3) is 3.20. The van der Waals surface area contributed by atoms with Crippen LogP contribution in [-0.2, 0) is 4.79 Å². The van der Waals surface area contributed by atoms with Crippen LogP contribution < -0.4 is 15.8 Å². The van der Waals surface area contributed by atoms with Crippen molar-refractivity contribution in [3.8, 4) is 5.75 Å². The number of ether oxygens (including phenoxy) is 1. The second-order valence-electron chi connectivity index (χ2n) is 3.47. The van der Waals surface area contributed by atoms with Crippen molar-refractivity contribution in [3.05, 3.63) is 29.6 Å². The van der Waals surface area contributed by atoms with Gasteiger partial charge in [0.1, 0.15) is 24.2 Å². The van der Waals surface area contributed by atoms with Crippen LogP contribution >= 0.6 is 0 Å². The number of likely N-dealkylation sites (N-methyl/N-ethyl adjacent to an activating group) is 1. The lowest BCUT2D eigenvalue weighted by molar-refractivity contribution is -0.120. The molecule has 0 saturated carbocycles. The molecular weight excluding hydrogens is 211 g/mol. The van der Waals surface area contributed by atoms with Gasteiger partial charge in [-0.05, 0) is 37.7 Å². The van der Waals surface area contributed by atoms with Crippen molar-refractivity contribution in [2.75, 3.05) is 13.7 Å². The van der Waals surface area contributed by atoms with Gasteiger partial charge in [-0.2, -0.15) is 0 Å². The SMILES string of the molecule is CNC(COc1ccc(F)c(C)c1)C(N)=O. The highest BCUT2D eigenvalue weighted by Crippen LogP contribution is 2.15. The largest absolute Gasteiger partial charge is 0.491 e. The van der Waals surface area contributed by atoms with Crippen LogP contribution in [0, 0.1) is 12.7 Å². The van der Waals surface area contributed by atoms with Gasteiger partial charge >= 0.3 is 0 Å². The number of benzene rings is 1. The Balaban J connectivity index is 2.60. The molecule has 0 heterocycles. The molecule has 1 unspecified atom stereocenters. The van der Waals surface area contributed by atoms with Gasteiger partial charge in [0.25, 0.3) is 0 Å². The quantitative estimate of drug-likeness (QED) is 0.772. The number of carbonyl (C=O) groups is 1. The normalized spacial score (nSPS) is 12.2. The third-order valence-corrected chi connectivity index (χ3v) is 2.24. The van der Waals surface area contributed by atoms with E-state index in [-0.39, 0.29) is 12.4 Å². The third-order valence-electron chi connectivity index (χ3n) is 2.24. The first-order valence-electron chi connectivity index (χ1n) is 4.90. The molecule has 1 aromatic rings. The average Bonchev–Trinajstić information content (AvgIpc) is 2.23. The Kier molecular flexibility index (Phi) is 4.25. The summed E-state index contributed by atoms with van der Waals surface area (Å²) in [6, 6.07) is 3.85. The van der Waals surface area contributed by atoms with E-state index in [2.05, 4.69) is 5.32 Å². The summed E-state index contributed by atoms with van der Waals surface area (Å²) >= 11 is 0. The fourth-order valence-electron chi connectivity index (χ4n) is 1.19. The van der Waals surface area contributed by atoms with Crippen molar-refractivity contribution in [2.24, 2.45) is 5.73 Å². The van der Waals surface area contributed by atoms with Gasteiger partial charge in [0.15, 0.2) is 0 Å². The highest BCUT2D eigenvalue weighted by atomic mass is 19.1. The number of carbonyl (C=O) groups excluding carboxylic acids is 1. The zero-order chi connectivity index (χ0) is 12.1. The minimum atomic E-state index is -0.551. The Morgan fingerprint density at radius 3 is 2.81 bits per heavy atom. The van der Waals surface area contributed by atoms with Crippen LogP contribution in [0.4, 0.5) is 4.39 Å². The number of nitrogens with one attached hydrogen (secondary N) is 1. The van der Waals surface area contributed by atoms with E-state index in [4.69, 9.17) is 10.5 Å². The Labute approximate surface area is 93.6 Å². The van der Waals surface area contributed by atoms with Gasteiger partial charge in [0.05, 0.1) is 0 Å². The maximum absolute atomic E-state index is 12.9. The minimum Gasteiger partial charge on any atom is -0.491 e. The summed E-state index contributed by atoms with van der Waals surface area (Å²) in [5.74, 6) is -0.255. The van der Waals surface area contributed by atoms with Crippen LogP contribution in [0.3, 0.4) is 0 Å². The number of halogens is 1. The standard InChI is InChI=1S/C11H15FN2O2/c1-7-5-8(3-4-9(7)12)16-6-10(14-2)11(13)15/h3-5,10,14H,6H2,1-2H3,(H2,13,15). The zero-order valence-electron chi connectivity index (χ0n) is 9.29. The Hall–Kier alpha value is -1.62. The number of amides is 1. The smallest absolute Gasteiger partial charge is 0.238 e. The van der Waals surface area contributed by atoms with Gasteiger partial charge < -0.3 is 15.8 Å². The molecule has 4 nitrogen and oxygen atoms in total. The van der Waals surface area contributed by atoms with Crippen molar-refractivity contribution in [1.82, 2.24) is 5.32 Å².